The van der Waals surface area contributed by atoms with Crippen LogP contribution in [-0.2, 0) is 14.8 Å². The Morgan fingerprint density at radius 2 is 1.89 bits per heavy atom. The maximum absolute atomic E-state index is 11.6. The van der Waals surface area contributed by atoms with Crippen LogP contribution in [0.1, 0.15) is 13.3 Å². The summed E-state index contributed by atoms with van der Waals surface area (Å²) in [6.07, 6.45) is 1.40. The lowest BCUT2D eigenvalue weighted by Gasteiger charge is -2.12. The summed E-state index contributed by atoms with van der Waals surface area (Å²) in [5.74, 6) is -0.0867. The molecule has 0 bridgehead atoms. The second-order valence-electron chi connectivity index (χ2n) is 4.14. The van der Waals surface area contributed by atoms with Crippen molar-refractivity contribution in [2.75, 3.05) is 16.0 Å². The van der Waals surface area contributed by atoms with E-state index < -0.39 is 10.0 Å². The fraction of sp³-hybridized carbons (Fsp3) is 0.273. The van der Waals surface area contributed by atoms with E-state index in [0.29, 0.717) is 17.8 Å². The minimum absolute atomic E-state index is 0.0867. The Morgan fingerprint density at radius 3 is 2.33 bits per heavy atom. The van der Waals surface area contributed by atoms with Gasteiger partial charge in [-0.2, -0.15) is 5.10 Å². The molecule has 1 aromatic rings. The van der Waals surface area contributed by atoms with Crippen LogP contribution in [0.5, 0.6) is 0 Å². The standard InChI is InChI=1S/C11H13N3O3S/c1-8-7-11(15)14(12-8)10-5-3-9(4-6-10)13-18(2,16)17/h3-6,13H,7H2,1-2H3. The van der Waals surface area contributed by atoms with Crippen molar-refractivity contribution >= 4 is 33.0 Å². The predicted octanol–water partition coefficient (Wildman–Crippen LogP) is 1.17. The van der Waals surface area contributed by atoms with E-state index in [4.69, 9.17) is 0 Å². The first-order valence-electron chi connectivity index (χ1n) is 5.30. The van der Waals surface area contributed by atoms with E-state index in [1.54, 1.807) is 31.2 Å². The second-order valence-corrected chi connectivity index (χ2v) is 5.89. The van der Waals surface area contributed by atoms with Crippen LogP contribution < -0.4 is 9.73 Å². The zero-order valence-corrected chi connectivity index (χ0v) is 10.9. The van der Waals surface area contributed by atoms with Crippen LogP contribution in [0.4, 0.5) is 11.4 Å². The number of carbonyl (C=O) groups is 1. The third-order valence-corrected chi connectivity index (χ3v) is 2.94. The van der Waals surface area contributed by atoms with Gasteiger partial charge in [0.25, 0.3) is 5.91 Å². The Balaban J connectivity index is 2.21. The SMILES string of the molecule is CC1=NN(c2ccc(NS(C)(=O)=O)cc2)C(=O)C1. The Morgan fingerprint density at radius 1 is 1.28 bits per heavy atom. The molecule has 0 unspecified atom stereocenters. The van der Waals surface area contributed by atoms with Crippen molar-refractivity contribution in [1.82, 2.24) is 0 Å². The Labute approximate surface area is 105 Å². The molecule has 6 nitrogen and oxygen atoms in total. The quantitative estimate of drug-likeness (QED) is 0.892. The fourth-order valence-electron chi connectivity index (χ4n) is 1.64. The highest BCUT2D eigenvalue weighted by Gasteiger charge is 2.22. The molecule has 0 fully saturated rings. The van der Waals surface area contributed by atoms with Crippen LogP contribution in [0.25, 0.3) is 0 Å². The van der Waals surface area contributed by atoms with Crippen molar-refractivity contribution in [3.05, 3.63) is 24.3 Å². The Kier molecular flexibility index (Phi) is 3.08. The third-order valence-electron chi connectivity index (χ3n) is 2.33. The molecule has 0 saturated carbocycles. The van der Waals surface area contributed by atoms with Crippen molar-refractivity contribution in [3.8, 4) is 0 Å². The number of benzene rings is 1. The number of hydrogen-bond donors (Lipinski definition) is 1. The predicted molar refractivity (Wildman–Crippen MR) is 70.1 cm³/mol. The molecule has 0 radical (unpaired) electrons. The molecule has 18 heavy (non-hydrogen) atoms. The van der Waals surface area contributed by atoms with Crippen molar-refractivity contribution < 1.29 is 13.2 Å². The van der Waals surface area contributed by atoms with E-state index in [2.05, 4.69) is 9.82 Å². The van der Waals surface area contributed by atoms with Gasteiger partial charge in [0.05, 0.1) is 18.4 Å². The maximum atomic E-state index is 11.6. The number of nitrogens with zero attached hydrogens (tertiary/aromatic N) is 2. The van der Waals surface area contributed by atoms with E-state index >= 15 is 0 Å². The van der Waals surface area contributed by atoms with Crippen molar-refractivity contribution in [2.45, 2.75) is 13.3 Å². The average Bonchev–Trinajstić information content (AvgIpc) is 2.57. The lowest BCUT2D eigenvalue weighted by molar-refractivity contribution is -0.116. The number of carbonyl (C=O) groups excluding carboxylic acids is 1. The average molecular weight is 267 g/mol. The van der Waals surface area contributed by atoms with Gasteiger partial charge in [0, 0.05) is 11.4 Å². The molecule has 0 atom stereocenters. The molecule has 7 heteroatoms. The van der Waals surface area contributed by atoms with Gasteiger partial charge in [-0.05, 0) is 31.2 Å². The van der Waals surface area contributed by atoms with Gasteiger partial charge < -0.3 is 0 Å². The van der Waals surface area contributed by atoms with Gasteiger partial charge in [-0.25, -0.2) is 13.4 Å². The van der Waals surface area contributed by atoms with Gasteiger partial charge in [0.1, 0.15) is 0 Å². The smallest absolute Gasteiger partial charge is 0.253 e. The number of rotatable bonds is 3. The molecular formula is C11H13N3O3S. The monoisotopic (exact) mass is 267 g/mol. The summed E-state index contributed by atoms with van der Waals surface area (Å²) in [6.45, 7) is 1.79. The highest BCUT2D eigenvalue weighted by atomic mass is 32.2. The molecule has 2 rings (SSSR count). The van der Waals surface area contributed by atoms with Gasteiger partial charge in [0.2, 0.25) is 10.0 Å². The summed E-state index contributed by atoms with van der Waals surface area (Å²) in [7, 11) is -3.29. The third kappa shape index (κ3) is 2.86. The van der Waals surface area contributed by atoms with E-state index in [0.717, 1.165) is 12.0 Å². The molecule has 1 aliphatic rings. The highest BCUT2D eigenvalue weighted by molar-refractivity contribution is 7.92. The van der Waals surface area contributed by atoms with Crippen LogP contribution in [-0.4, -0.2) is 26.3 Å². The van der Waals surface area contributed by atoms with E-state index in [1.807, 2.05) is 0 Å². The number of hydrogen-bond acceptors (Lipinski definition) is 4. The summed E-state index contributed by atoms with van der Waals surface area (Å²) in [6, 6.07) is 6.47. The van der Waals surface area contributed by atoms with Crippen LogP contribution in [0, 0.1) is 0 Å². The first kappa shape index (κ1) is 12.6. The van der Waals surface area contributed by atoms with Crippen LogP contribution in [0.3, 0.4) is 0 Å². The summed E-state index contributed by atoms with van der Waals surface area (Å²) >= 11 is 0. The second kappa shape index (κ2) is 4.41. The topological polar surface area (TPSA) is 78.8 Å². The molecule has 1 aromatic carbocycles. The van der Waals surface area contributed by atoms with Gasteiger partial charge in [-0.3, -0.25) is 9.52 Å². The van der Waals surface area contributed by atoms with Crippen molar-refractivity contribution in [2.24, 2.45) is 5.10 Å². The molecule has 1 heterocycles. The largest absolute Gasteiger partial charge is 0.284 e. The number of hydrazone groups is 1. The summed E-state index contributed by atoms with van der Waals surface area (Å²) < 4.78 is 24.4. The lowest BCUT2D eigenvalue weighted by atomic mass is 10.2. The Hall–Kier alpha value is -1.89. The van der Waals surface area contributed by atoms with Gasteiger partial charge in [0.15, 0.2) is 0 Å². The summed E-state index contributed by atoms with van der Waals surface area (Å²) in [5, 5.41) is 5.42. The number of sulfonamides is 1. The van der Waals surface area contributed by atoms with Gasteiger partial charge in [-0.1, -0.05) is 0 Å². The highest BCUT2D eigenvalue weighted by Crippen LogP contribution is 2.22. The molecule has 0 spiro atoms. The van der Waals surface area contributed by atoms with E-state index in [9.17, 15) is 13.2 Å². The van der Waals surface area contributed by atoms with E-state index in [1.165, 1.54) is 5.01 Å². The molecule has 96 valence electrons. The minimum Gasteiger partial charge on any atom is -0.284 e. The Bertz CT molecular complexity index is 605. The van der Waals surface area contributed by atoms with Crippen LogP contribution >= 0.6 is 0 Å². The molecule has 0 saturated heterocycles. The zero-order chi connectivity index (χ0) is 13.3. The summed E-state index contributed by atoms with van der Waals surface area (Å²) in [5.41, 5.74) is 1.84. The molecular weight excluding hydrogens is 254 g/mol. The first-order chi connectivity index (χ1) is 8.35. The van der Waals surface area contributed by atoms with Crippen molar-refractivity contribution in [3.63, 3.8) is 0 Å². The lowest BCUT2D eigenvalue weighted by Crippen LogP contribution is -2.19. The normalized spacial score (nSPS) is 15.8. The molecule has 1 N–H and O–H groups in total. The molecule has 1 aliphatic heterocycles. The number of anilines is 2. The van der Waals surface area contributed by atoms with Crippen LogP contribution in [0.15, 0.2) is 29.4 Å². The molecule has 1 amide bonds. The van der Waals surface area contributed by atoms with Gasteiger partial charge >= 0.3 is 0 Å². The fourth-order valence-corrected chi connectivity index (χ4v) is 2.21. The van der Waals surface area contributed by atoms with E-state index in [-0.39, 0.29) is 5.91 Å². The molecule has 0 aliphatic carbocycles. The number of nitrogens with one attached hydrogen (secondary N) is 1. The number of amides is 1. The maximum Gasteiger partial charge on any atom is 0.253 e. The first-order valence-corrected chi connectivity index (χ1v) is 7.19. The molecule has 0 aromatic heterocycles. The van der Waals surface area contributed by atoms with Gasteiger partial charge in [-0.15, -0.1) is 0 Å². The van der Waals surface area contributed by atoms with Crippen molar-refractivity contribution in [1.29, 1.82) is 0 Å². The zero-order valence-electron chi connectivity index (χ0n) is 10.0. The summed E-state index contributed by atoms with van der Waals surface area (Å²) in [4.78, 5) is 11.6. The van der Waals surface area contributed by atoms with Crippen LogP contribution in [0.2, 0.25) is 0 Å². The minimum atomic E-state index is -3.29.